The molecule has 0 unspecified atom stereocenters. The molecule has 0 aromatic carbocycles. The van der Waals surface area contributed by atoms with Gasteiger partial charge in [-0.05, 0) is 56.4 Å². The Hall–Kier alpha value is -1.45. The quantitative estimate of drug-likeness (QED) is 0.744. The van der Waals surface area contributed by atoms with Crippen molar-refractivity contribution in [3.8, 4) is 0 Å². The number of hydrogen-bond acceptors (Lipinski definition) is 4. The lowest BCUT2D eigenvalue weighted by molar-refractivity contribution is -0.158. The van der Waals surface area contributed by atoms with Crippen molar-refractivity contribution in [1.82, 2.24) is 0 Å². The Bertz CT molecular complexity index is 562. The van der Waals surface area contributed by atoms with Crippen molar-refractivity contribution in [3.05, 3.63) is 11.6 Å². The summed E-state index contributed by atoms with van der Waals surface area (Å²) in [6.45, 7) is 7.80. The maximum Gasteiger partial charge on any atom is 0.312 e. The summed E-state index contributed by atoms with van der Waals surface area (Å²) >= 11 is 0. The lowest BCUT2D eigenvalue weighted by Gasteiger charge is -2.52. The van der Waals surface area contributed by atoms with E-state index in [4.69, 9.17) is 4.74 Å². The van der Waals surface area contributed by atoms with Crippen LogP contribution in [0, 0.1) is 22.7 Å². The molecule has 1 saturated carbocycles. The van der Waals surface area contributed by atoms with E-state index in [-0.39, 0.29) is 35.3 Å². The fourth-order valence-electron chi connectivity index (χ4n) is 4.48. The first-order valence-electron chi connectivity index (χ1n) is 8.48. The third kappa shape index (κ3) is 3.00. The maximum absolute atomic E-state index is 12.4. The summed E-state index contributed by atoms with van der Waals surface area (Å²) < 4.78 is 5.01. The Labute approximate surface area is 138 Å². The topological polar surface area (TPSA) is 60.4 Å². The molecule has 0 aromatic heterocycles. The monoisotopic (exact) mass is 320 g/mol. The molecular weight excluding hydrogens is 292 g/mol. The second kappa shape index (κ2) is 6.21. The predicted molar refractivity (Wildman–Crippen MR) is 87.7 cm³/mol. The summed E-state index contributed by atoms with van der Waals surface area (Å²) in [5.41, 5.74) is 0.0645. The molecule has 0 N–H and O–H groups in total. The zero-order chi connectivity index (χ0) is 17.4. The number of carbonyl (C=O) groups excluding carboxylic acids is 3. The molecule has 4 atom stereocenters. The van der Waals surface area contributed by atoms with E-state index in [0.29, 0.717) is 12.3 Å². The average molecular weight is 320 g/mol. The van der Waals surface area contributed by atoms with Gasteiger partial charge in [-0.3, -0.25) is 9.59 Å². The molecule has 128 valence electrons. The molecule has 0 bridgehead atoms. The number of hydrogen-bond donors (Lipinski definition) is 0. The van der Waals surface area contributed by atoms with Gasteiger partial charge in [-0.25, -0.2) is 0 Å². The lowest BCUT2D eigenvalue weighted by Crippen LogP contribution is -2.49. The summed E-state index contributed by atoms with van der Waals surface area (Å²) in [5.74, 6) is 0.272. The molecule has 0 spiro atoms. The van der Waals surface area contributed by atoms with Crippen molar-refractivity contribution in [2.24, 2.45) is 22.7 Å². The van der Waals surface area contributed by atoms with E-state index in [2.05, 4.69) is 13.8 Å². The molecule has 4 heteroatoms. The number of Topliss-reactive ketones (excluding diaryl/α,β-unsaturated/α-hetero) is 1. The van der Waals surface area contributed by atoms with E-state index in [1.807, 2.05) is 6.92 Å². The van der Waals surface area contributed by atoms with E-state index in [1.54, 1.807) is 13.0 Å². The smallest absolute Gasteiger partial charge is 0.312 e. The van der Waals surface area contributed by atoms with Gasteiger partial charge >= 0.3 is 5.97 Å². The van der Waals surface area contributed by atoms with Crippen molar-refractivity contribution >= 4 is 17.5 Å². The van der Waals surface area contributed by atoms with Gasteiger partial charge in [0, 0.05) is 12.8 Å². The minimum atomic E-state index is -0.784. The molecule has 0 radical (unpaired) electrons. The first-order valence-corrected chi connectivity index (χ1v) is 8.48. The largest absolute Gasteiger partial charge is 0.469 e. The molecule has 2 rings (SSSR count). The molecule has 0 amide bonds. The number of allylic oxidation sites excluding steroid dienone is 2. The summed E-state index contributed by atoms with van der Waals surface area (Å²) in [7, 11) is 1.39. The Morgan fingerprint density at radius 3 is 2.52 bits per heavy atom. The highest BCUT2D eigenvalue weighted by Crippen LogP contribution is 2.58. The van der Waals surface area contributed by atoms with Crippen LogP contribution in [0.15, 0.2) is 11.6 Å². The van der Waals surface area contributed by atoms with Gasteiger partial charge in [-0.1, -0.05) is 19.4 Å². The van der Waals surface area contributed by atoms with Gasteiger partial charge in [0.1, 0.15) is 5.78 Å². The van der Waals surface area contributed by atoms with E-state index in [0.717, 1.165) is 24.8 Å². The summed E-state index contributed by atoms with van der Waals surface area (Å²) in [5, 5.41) is 0. The van der Waals surface area contributed by atoms with Crippen molar-refractivity contribution in [2.45, 2.75) is 59.8 Å². The van der Waals surface area contributed by atoms with Gasteiger partial charge in [0.25, 0.3) is 0 Å². The standard InChI is InChI=1S/C19H28O4/c1-12-6-7-15-16(18(12,3)9-8-13(2)20)10-14(21)11-19(15,4)17(22)23-5/h10,12,15H,6-9,11H2,1-5H3/t12-,15+,18+,19+/m1/s1. The second-order valence-electron chi connectivity index (χ2n) is 7.80. The fraction of sp³-hybridized carbons (Fsp3) is 0.737. The Balaban J connectivity index is 2.45. The number of methoxy groups -OCH3 is 1. The first kappa shape index (κ1) is 17.9. The van der Waals surface area contributed by atoms with E-state index >= 15 is 0 Å². The molecule has 1 fully saturated rings. The minimum Gasteiger partial charge on any atom is -0.469 e. The number of carbonyl (C=O) groups is 3. The number of fused-ring (bicyclic) bond motifs is 1. The van der Waals surface area contributed by atoms with Gasteiger partial charge in [-0.2, -0.15) is 0 Å². The highest BCUT2D eigenvalue weighted by Gasteiger charge is 2.54. The molecule has 4 nitrogen and oxygen atoms in total. The fourth-order valence-corrected chi connectivity index (χ4v) is 4.48. The predicted octanol–water partition coefficient (Wildman–Crippen LogP) is 3.49. The van der Waals surface area contributed by atoms with Crippen LogP contribution >= 0.6 is 0 Å². The van der Waals surface area contributed by atoms with Crippen LogP contribution in [0.2, 0.25) is 0 Å². The van der Waals surface area contributed by atoms with Gasteiger partial charge in [0.15, 0.2) is 5.78 Å². The van der Waals surface area contributed by atoms with Crippen molar-refractivity contribution in [2.75, 3.05) is 7.11 Å². The molecule has 2 aliphatic carbocycles. The molecule has 0 saturated heterocycles. The SMILES string of the molecule is COC(=O)[C@@]1(C)CC(=O)C=C2[C@@H]1CC[C@@H](C)[C@]2(C)CCC(C)=O. The molecule has 23 heavy (non-hydrogen) atoms. The third-order valence-corrected chi connectivity index (χ3v) is 6.29. The van der Waals surface area contributed by atoms with Crippen LogP contribution in [0.5, 0.6) is 0 Å². The van der Waals surface area contributed by atoms with Crippen LogP contribution in [0.4, 0.5) is 0 Å². The second-order valence-corrected chi connectivity index (χ2v) is 7.80. The normalized spacial score (nSPS) is 36.9. The molecule has 2 aliphatic rings. The molecule has 0 aliphatic heterocycles. The van der Waals surface area contributed by atoms with Crippen LogP contribution in [-0.4, -0.2) is 24.6 Å². The van der Waals surface area contributed by atoms with Crippen molar-refractivity contribution in [3.63, 3.8) is 0 Å². The average Bonchev–Trinajstić information content (AvgIpc) is 2.48. The summed E-state index contributed by atoms with van der Waals surface area (Å²) in [6, 6.07) is 0. The highest BCUT2D eigenvalue weighted by molar-refractivity contribution is 5.97. The zero-order valence-corrected chi connectivity index (χ0v) is 14.9. The van der Waals surface area contributed by atoms with Gasteiger partial charge in [0.2, 0.25) is 0 Å². The van der Waals surface area contributed by atoms with Crippen LogP contribution < -0.4 is 0 Å². The minimum absolute atomic E-state index is 0.00713. The molecular formula is C19H28O4. The van der Waals surface area contributed by atoms with E-state index in [1.165, 1.54) is 7.11 Å². The van der Waals surface area contributed by atoms with Gasteiger partial charge in [-0.15, -0.1) is 0 Å². The molecule has 0 heterocycles. The number of ether oxygens (including phenoxy) is 1. The van der Waals surface area contributed by atoms with Crippen LogP contribution in [-0.2, 0) is 19.1 Å². The van der Waals surface area contributed by atoms with Crippen molar-refractivity contribution in [1.29, 1.82) is 0 Å². The Morgan fingerprint density at radius 1 is 1.30 bits per heavy atom. The maximum atomic E-state index is 12.4. The van der Waals surface area contributed by atoms with Crippen molar-refractivity contribution < 1.29 is 19.1 Å². The number of esters is 1. The van der Waals surface area contributed by atoms with Gasteiger partial charge < -0.3 is 9.53 Å². The summed E-state index contributed by atoms with van der Waals surface area (Å²) in [6.07, 6.45) is 5.10. The first-order chi connectivity index (χ1) is 10.6. The van der Waals surface area contributed by atoms with Crippen LogP contribution in [0.3, 0.4) is 0 Å². The number of ketones is 2. The third-order valence-electron chi connectivity index (χ3n) is 6.29. The van der Waals surface area contributed by atoms with Crippen LogP contribution in [0.1, 0.15) is 59.8 Å². The van der Waals surface area contributed by atoms with E-state index in [9.17, 15) is 14.4 Å². The Morgan fingerprint density at radius 2 is 1.96 bits per heavy atom. The zero-order valence-electron chi connectivity index (χ0n) is 14.9. The van der Waals surface area contributed by atoms with Crippen LogP contribution in [0.25, 0.3) is 0 Å². The van der Waals surface area contributed by atoms with E-state index < -0.39 is 5.41 Å². The lowest BCUT2D eigenvalue weighted by atomic mass is 9.51. The molecule has 0 aromatic rings. The summed E-state index contributed by atoms with van der Waals surface area (Å²) in [4.78, 5) is 36.2. The van der Waals surface area contributed by atoms with Gasteiger partial charge in [0.05, 0.1) is 12.5 Å². The number of rotatable bonds is 4. The Kier molecular flexibility index (Phi) is 4.84. The highest BCUT2D eigenvalue weighted by atomic mass is 16.5.